The standard InChI is InChI=1S/C14H19NO3/c1-9-8-11(16)15(10(2)12(9)13(17)18)14(3)6-4-5-7-14/h8H,4-7H2,1-3H3,(H,17,18). The number of pyridine rings is 1. The summed E-state index contributed by atoms with van der Waals surface area (Å²) in [5, 5.41) is 9.27. The van der Waals surface area contributed by atoms with Crippen LogP contribution in [0.4, 0.5) is 0 Å². The van der Waals surface area contributed by atoms with Gasteiger partial charge in [0.2, 0.25) is 0 Å². The van der Waals surface area contributed by atoms with Crippen molar-refractivity contribution in [3.63, 3.8) is 0 Å². The Morgan fingerprint density at radius 3 is 2.39 bits per heavy atom. The van der Waals surface area contributed by atoms with E-state index in [0.717, 1.165) is 25.7 Å². The molecule has 4 heteroatoms. The SMILES string of the molecule is Cc1cc(=O)n(C2(C)CCCC2)c(C)c1C(=O)O. The van der Waals surface area contributed by atoms with Crippen LogP contribution in [0.5, 0.6) is 0 Å². The molecule has 0 saturated heterocycles. The molecule has 1 N–H and O–H groups in total. The average molecular weight is 249 g/mol. The molecule has 0 aliphatic heterocycles. The molecule has 0 unspecified atom stereocenters. The Labute approximate surface area is 106 Å². The smallest absolute Gasteiger partial charge is 0.337 e. The van der Waals surface area contributed by atoms with Crippen LogP contribution in [0.3, 0.4) is 0 Å². The summed E-state index contributed by atoms with van der Waals surface area (Å²) in [6.07, 6.45) is 4.07. The summed E-state index contributed by atoms with van der Waals surface area (Å²) in [7, 11) is 0. The molecule has 0 atom stereocenters. The Bertz CT molecular complexity index is 551. The van der Waals surface area contributed by atoms with Gasteiger partial charge in [-0.2, -0.15) is 0 Å². The lowest BCUT2D eigenvalue weighted by molar-refractivity contribution is 0.0693. The normalized spacial score (nSPS) is 17.9. The van der Waals surface area contributed by atoms with Crippen LogP contribution in [0.2, 0.25) is 0 Å². The first-order chi connectivity index (χ1) is 8.37. The maximum atomic E-state index is 12.2. The molecule has 0 aromatic carbocycles. The number of carbonyl (C=O) groups is 1. The highest BCUT2D eigenvalue weighted by molar-refractivity contribution is 5.90. The number of rotatable bonds is 2. The van der Waals surface area contributed by atoms with Crippen LogP contribution in [0.1, 0.15) is 54.2 Å². The van der Waals surface area contributed by atoms with Crippen LogP contribution in [-0.4, -0.2) is 15.6 Å². The van der Waals surface area contributed by atoms with Gasteiger partial charge in [0.1, 0.15) is 0 Å². The molecule has 0 bridgehead atoms. The fourth-order valence-electron chi connectivity index (χ4n) is 3.24. The molecule has 1 heterocycles. The molecule has 2 rings (SSSR count). The Morgan fingerprint density at radius 2 is 1.89 bits per heavy atom. The summed E-state index contributed by atoms with van der Waals surface area (Å²) in [6.45, 7) is 5.47. The van der Waals surface area contributed by atoms with Crippen molar-refractivity contribution in [3.8, 4) is 0 Å². The van der Waals surface area contributed by atoms with Gasteiger partial charge in [-0.05, 0) is 39.2 Å². The van der Waals surface area contributed by atoms with Crippen molar-refractivity contribution in [1.29, 1.82) is 0 Å². The van der Waals surface area contributed by atoms with Crippen molar-refractivity contribution in [2.75, 3.05) is 0 Å². The molecule has 4 nitrogen and oxygen atoms in total. The highest BCUT2D eigenvalue weighted by Crippen LogP contribution is 2.36. The second kappa shape index (κ2) is 4.26. The van der Waals surface area contributed by atoms with Gasteiger partial charge in [-0.3, -0.25) is 4.79 Å². The van der Waals surface area contributed by atoms with Crippen molar-refractivity contribution < 1.29 is 9.90 Å². The summed E-state index contributed by atoms with van der Waals surface area (Å²) in [6, 6.07) is 1.44. The highest BCUT2D eigenvalue weighted by atomic mass is 16.4. The Hall–Kier alpha value is -1.58. The van der Waals surface area contributed by atoms with E-state index in [1.54, 1.807) is 18.4 Å². The number of hydrogen-bond acceptors (Lipinski definition) is 2. The van der Waals surface area contributed by atoms with Gasteiger partial charge in [0, 0.05) is 17.3 Å². The third-order valence-corrected chi connectivity index (χ3v) is 4.09. The Morgan fingerprint density at radius 1 is 1.33 bits per heavy atom. The van der Waals surface area contributed by atoms with Gasteiger partial charge in [-0.15, -0.1) is 0 Å². The van der Waals surface area contributed by atoms with E-state index in [2.05, 4.69) is 6.92 Å². The van der Waals surface area contributed by atoms with E-state index in [-0.39, 0.29) is 16.7 Å². The predicted octanol–water partition coefficient (Wildman–Crippen LogP) is 2.45. The fourth-order valence-corrected chi connectivity index (χ4v) is 3.24. The van der Waals surface area contributed by atoms with Gasteiger partial charge < -0.3 is 9.67 Å². The molecule has 1 aromatic rings. The lowest BCUT2D eigenvalue weighted by Crippen LogP contribution is -2.39. The molecule has 1 saturated carbocycles. The lowest BCUT2D eigenvalue weighted by atomic mass is 9.97. The van der Waals surface area contributed by atoms with Crippen LogP contribution >= 0.6 is 0 Å². The van der Waals surface area contributed by atoms with Gasteiger partial charge in [0.15, 0.2) is 0 Å². The quantitative estimate of drug-likeness (QED) is 0.875. The van der Waals surface area contributed by atoms with Crippen molar-refractivity contribution in [2.24, 2.45) is 0 Å². The van der Waals surface area contributed by atoms with E-state index in [9.17, 15) is 14.7 Å². The summed E-state index contributed by atoms with van der Waals surface area (Å²) in [5.74, 6) is -0.958. The molecule has 1 aromatic heterocycles. The number of carboxylic acid groups (broad SMARTS) is 1. The molecule has 98 valence electrons. The minimum atomic E-state index is -0.958. The van der Waals surface area contributed by atoms with Crippen molar-refractivity contribution in [2.45, 2.75) is 52.0 Å². The van der Waals surface area contributed by atoms with E-state index in [1.807, 2.05) is 0 Å². The zero-order chi connectivity index (χ0) is 13.5. The van der Waals surface area contributed by atoms with Crippen LogP contribution in [0.25, 0.3) is 0 Å². The minimum Gasteiger partial charge on any atom is -0.478 e. The first kappa shape index (κ1) is 12.9. The van der Waals surface area contributed by atoms with Gasteiger partial charge in [-0.1, -0.05) is 12.8 Å². The summed E-state index contributed by atoms with van der Waals surface area (Å²) in [5.41, 5.74) is 1.08. The first-order valence-corrected chi connectivity index (χ1v) is 6.34. The number of nitrogens with zero attached hydrogens (tertiary/aromatic N) is 1. The maximum Gasteiger partial charge on any atom is 0.337 e. The van der Waals surface area contributed by atoms with E-state index in [0.29, 0.717) is 11.3 Å². The van der Waals surface area contributed by atoms with E-state index in [4.69, 9.17) is 0 Å². The zero-order valence-corrected chi connectivity index (χ0v) is 11.1. The Kier molecular flexibility index (Phi) is 3.05. The van der Waals surface area contributed by atoms with E-state index < -0.39 is 5.97 Å². The van der Waals surface area contributed by atoms with Gasteiger partial charge in [0.05, 0.1) is 5.56 Å². The van der Waals surface area contributed by atoms with Crippen LogP contribution in [-0.2, 0) is 5.54 Å². The number of carboxylic acids is 1. The lowest BCUT2D eigenvalue weighted by Gasteiger charge is -2.30. The fraction of sp³-hybridized carbons (Fsp3) is 0.571. The number of aryl methyl sites for hydroxylation is 1. The highest BCUT2D eigenvalue weighted by Gasteiger charge is 2.33. The van der Waals surface area contributed by atoms with E-state index in [1.165, 1.54) is 6.07 Å². The third kappa shape index (κ3) is 1.85. The second-order valence-electron chi connectivity index (χ2n) is 5.47. The molecule has 18 heavy (non-hydrogen) atoms. The third-order valence-electron chi connectivity index (χ3n) is 4.09. The van der Waals surface area contributed by atoms with Crippen molar-refractivity contribution in [3.05, 3.63) is 33.2 Å². The topological polar surface area (TPSA) is 59.3 Å². The number of hydrogen-bond donors (Lipinski definition) is 1. The molecule has 0 radical (unpaired) electrons. The van der Waals surface area contributed by atoms with Crippen LogP contribution in [0.15, 0.2) is 10.9 Å². The van der Waals surface area contributed by atoms with Gasteiger partial charge in [0.25, 0.3) is 5.56 Å². The maximum absolute atomic E-state index is 12.2. The molecule has 1 aliphatic rings. The van der Waals surface area contributed by atoms with Crippen LogP contribution < -0.4 is 5.56 Å². The largest absolute Gasteiger partial charge is 0.478 e. The number of aromatic carboxylic acids is 1. The van der Waals surface area contributed by atoms with Gasteiger partial charge in [-0.25, -0.2) is 4.79 Å². The van der Waals surface area contributed by atoms with E-state index >= 15 is 0 Å². The van der Waals surface area contributed by atoms with Crippen molar-refractivity contribution in [1.82, 2.24) is 4.57 Å². The minimum absolute atomic E-state index is 0.0839. The molecule has 1 fully saturated rings. The molecule has 0 amide bonds. The predicted molar refractivity (Wildman–Crippen MR) is 69.3 cm³/mol. The molecular formula is C14H19NO3. The number of aromatic nitrogens is 1. The second-order valence-corrected chi connectivity index (χ2v) is 5.47. The molecular weight excluding hydrogens is 230 g/mol. The summed E-state index contributed by atoms with van der Waals surface area (Å²) in [4.78, 5) is 23.5. The summed E-state index contributed by atoms with van der Waals surface area (Å²) >= 11 is 0. The average Bonchev–Trinajstić information content (AvgIpc) is 2.63. The van der Waals surface area contributed by atoms with Gasteiger partial charge >= 0.3 is 5.97 Å². The molecule has 1 aliphatic carbocycles. The summed E-state index contributed by atoms with van der Waals surface area (Å²) < 4.78 is 1.69. The first-order valence-electron chi connectivity index (χ1n) is 6.34. The Balaban J connectivity index is 2.72. The van der Waals surface area contributed by atoms with Crippen LogP contribution in [0, 0.1) is 13.8 Å². The van der Waals surface area contributed by atoms with Crippen molar-refractivity contribution >= 4 is 5.97 Å². The monoisotopic (exact) mass is 249 g/mol. The molecule has 0 spiro atoms. The zero-order valence-electron chi connectivity index (χ0n) is 11.1.